The molecule has 1 aromatic carbocycles. The van der Waals surface area contributed by atoms with E-state index in [9.17, 15) is 0 Å². The van der Waals surface area contributed by atoms with Gasteiger partial charge in [-0.1, -0.05) is 30.3 Å². The molecule has 20 heavy (non-hydrogen) atoms. The van der Waals surface area contributed by atoms with Gasteiger partial charge in [0.05, 0.1) is 12.4 Å². The molecule has 0 saturated carbocycles. The maximum Gasteiger partial charge on any atom is 0.156 e. The van der Waals surface area contributed by atoms with Crippen molar-refractivity contribution < 1.29 is 4.74 Å². The molecule has 0 aliphatic carbocycles. The predicted octanol–water partition coefficient (Wildman–Crippen LogP) is 2.21. The van der Waals surface area contributed by atoms with Crippen molar-refractivity contribution in [3.8, 4) is 5.75 Å². The van der Waals surface area contributed by atoms with Gasteiger partial charge in [0, 0.05) is 6.42 Å². The fourth-order valence-corrected chi connectivity index (χ4v) is 2.41. The molecular formula is C16H19N3O. The first-order valence-corrected chi connectivity index (χ1v) is 7.08. The fourth-order valence-electron chi connectivity index (χ4n) is 2.41. The molecule has 2 aromatic rings. The molecule has 1 unspecified atom stereocenters. The van der Waals surface area contributed by atoms with Crippen LogP contribution in [0.1, 0.15) is 17.8 Å². The highest BCUT2D eigenvalue weighted by Crippen LogP contribution is 2.14. The van der Waals surface area contributed by atoms with Crippen LogP contribution in [-0.2, 0) is 13.0 Å². The Bertz CT molecular complexity index is 521. The van der Waals surface area contributed by atoms with Crippen molar-refractivity contribution in [3.63, 3.8) is 0 Å². The summed E-state index contributed by atoms with van der Waals surface area (Å²) in [4.78, 5) is 8.78. The quantitative estimate of drug-likeness (QED) is 0.904. The highest BCUT2D eigenvalue weighted by Gasteiger charge is 2.16. The number of ether oxygens (including phenoxy) is 1. The standard InChI is InChI=1S/C16H19N3O/c1-2-4-13(5-3-1)12-20-15-10-18-16(19-11-15)8-14-6-7-17-9-14/h1-5,10-11,14,17H,6-9,12H2. The Kier molecular flexibility index (Phi) is 4.23. The summed E-state index contributed by atoms with van der Waals surface area (Å²) in [5, 5.41) is 3.36. The van der Waals surface area contributed by atoms with Gasteiger partial charge in [-0.15, -0.1) is 0 Å². The molecule has 104 valence electrons. The summed E-state index contributed by atoms with van der Waals surface area (Å²) in [6.45, 7) is 2.74. The first-order chi connectivity index (χ1) is 9.90. The van der Waals surface area contributed by atoms with Gasteiger partial charge >= 0.3 is 0 Å². The Hall–Kier alpha value is -1.94. The lowest BCUT2D eigenvalue weighted by molar-refractivity contribution is 0.303. The van der Waals surface area contributed by atoms with Crippen molar-refractivity contribution in [2.75, 3.05) is 13.1 Å². The SMILES string of the molecule is c1ccc(COc2cnc(CC3CCNC3)nc2)cc1. The van der Waals surface area contributed by atoms with E-state index in [1.54, 1.807) is 12.4 Å². The lowest BCUT2D eigenvalue weighted by Gasteiger charge is -2.08. The van der Waals surface area contributed by atoms with Crippen molar-refractivity contribution in [1.29, 1.82) is 0 Å². The van der Waals surface area contributed by atoms with Crippen LogP contribution < -0.4 is 10.1 Å². The van der Waals surface area contributed by atoms with Gasteiger partial charge < -0.3 is 10.1 Å². The molecule has 0 spiro atoms. The van der Waals surface area contributed by atoms with Crippen LogP contribution in [0.4, 0.5) is 0 Å². The molecule has 1 atom stereocenters. The Morgan fingerprint density at radius 1 is 1.15 bits per heavy atom. The van der Waals surface area contributed by atoms with Gasteiger partial charge in [0.2, 0.25) is 0 Å². The molecule has 3 rings (SSSR count). The third-order valence-corrected chi connectivity index (χ3v) is 3.56. The number of nitrogens with one attached hydrogen (secondary N) is 1. The fraction of sp³-hybridized carbons (Fsp3) is 0.375. The molecule has 0 radical (unpaired) electrons. The molecular weight excluding hydrogens is 250 g/mol. The molecule has 2 heterocycles. The normalized spacial score (nSPS) is 18.1. The smallest absolute Gasteiger partial charge is 0.156 e. The summed E-state index contributed by atoms with van der Waals surface area (Å²) in [6.07, 6.45) is 5.71. The second kappa shape index (κ2) is 6.48. The van der Waals surface area contributed by atoms with Gasteiger partial charge in [-0.2, -0.15) is 0 Å². The van der Waals surface area contributed by atoms with E-state index in [0.717, 1.165) is 36.6 Å². The molecule has 0 bridgehead atoms. The molecule has 1 N–H and O–H groups in total. The van der Waals surface area contributed by atoms with Crippen LogP contribution >= 0.6 is 0 Å². The van der Waals surface area contributed by atoms with E-state index in [4.69, 9.17) is 4.74 Å². The molecule has 1 aromatic heterocycles. The van der Waals surface area contributed by atoms with E-state index in [1.807, 2.05) is 30.3 Å². The van der Waals surface area contributed by atoms with Gasteiger partial charge in [-0.05, 0) is 31.0 Å². The number of benzene rings is 1. The summed E-state index contributed by atoms with van der Waals surface area (Å²) in [5.74, 6) is 2.30. The largest absolute Gasteiger partial charge is 0.486 e. The van der Waals surface area contributed by atoms with Crippen molar-refractivity contribution in [2.24, 2.45) is 5.92 Å². The minimum atomic E-state index is 0.552. The van der Waals surface area contributed by atoms with Crippen LogP contribution in [0.2, 0.25) is 0 Å². The molecule has 1 aliphatic heterocycles. The summed E-state index contributed by atoms with van der Waals surface area (Å²) >= 11 is 0. The Balaban J connectivity index is 1.53. The second-order valence-electron chi connectivity index (χ2n) is 5.17. The van der Waals surface area contributed by atoms with Crippen molar-refractivity contribution in [1.82, 2.24) is 15.3 Å². The van der Waals surface area contributed by atoms with Crippen molar-refractivity contribution in [2.45, 2.75) is 19.4 Å². The number of rotatable bonds is 5. The zero-order chi connectivity index (χ0) is 13.6. The van der Waals surface area contributed by atoms with Crippen molar-refractivity contribution >= 4 is 0 Å². The Morgan fingerprint density at radius 3 is 2.65 bits per heavy atom. The number of hydrogen-bond donors (Lipinski definition) is 1. The second-order valence-corrected chi connectivity index (χ2v) is 5.17. The van der Waals surface area contributed by atoms with Crippen LogP contribution in [0.15, 0.2) is 42.7 Å². The highest BCUT2D eigenvalue weighted by atomic mass is 16.5. The Morgan fingerprint density at radius 2 is 1.95 bits per heavy atom. The maximum absolute atomic E-state index is 5.68. The molecule has 4 heteroatoms. The first kappa shape index (κ1) is 13.1. The minimum absolute atomic E-state index is 0.552. The molecule has 1 aliphatic rings. The summed E-state index contributed by atoms with van der Waals surface area (Å²) in [5.41, 5.74) is 1.15. The summed E-state index contributed by atoms with van der Waals surface area (Å²) < 4.78 is 5.68. The number of aromatic nitrogens is 2. The van der Waals surface area contributed by atoms with Crippen LogP contribution in [0, 0.1) is 5.92 Å². The third kappa shape index (κ3) is 3.54. The average molecular weight is 269 g/mol. The van der Waals surface area contributed by atoms with Crippen LogP contribution in [0.25, 0.3) is 0 Å². The van der Waals surface area contributed by atoms with Crippen LogP contribution in [0.5, 0.6) is 5.75 Å². The number of nitrogens with zero attached hydrogens (tertiary/aromatic N) is 2. The van der Waals surface area contributed by atoms with Gasteiger partial charge in [0.25, 0.3) is 0 Å². The summed E-state index contributed by atoms with van der Waals surface area (Å²) in [6, 6.07) is 10.1. The predicted molar refractivity (Wildman–Crippen MR) is 77.5 cm³/mol. The zero-order valence-corrected chi connectivity index (χ0v) is 11.5. The van der Waals surface area contributed by atoms with E-state index >= 15 is 0 Å². The molecule has 1 saturated heterocycles. The topological polar surface area (TPSA) is 47.0 Å². The third-order valence-electron chi connectivity index (χ3n) is 3.56. The zero-order valence-electron chi connectivity index (χ0n) is 11.5. The van der Waals surface area contributed by atoms with E-state index in [0.29, 0.717) is 12.5 Å². The highest BCUT2D eigenvalue weighted by molar-refractivity contribution is 5.17. The maximum atomic E-state index is 5.68. The van der Waals surface area contributed by atoms with E-state index in [2.05, 4.69) is 15.3 Å². The lowest BCUT2D eigenvalue weighted by Crippen LogP contribution is -2.12. The first-order valence-electron chi connectivity index (χ1n) is 7.08. The van der Waals surface area contributed by atoms with Crippen LogP contribution in [0.3, 0.4) is 0 Å². The van der Waals surface area contributed by atoms with Crippen LogP contribution in [-0.4, -0.2) is 23.1 Å². The monoisotopic (exact) mass is 269 g/mol. The van der Waals surface area contributed by atoms with Crippen molar-refractivity contribution in [3.05, 3.63) is 54.1 Å². The van der Waals surface area contributed by atoms with Gasteiger partial charge in [0.15, 0.2) is 5.75 Å². The van der Waals surface area contributed by atoms with E-state index < -0.39 is 0 Å². The van der Waals surface area contributed by atoms with E-state index in [-0.39, 0.29) is 0 Å². The molecule has 4 nitrogen and oxygen atoms in total. The average Bonchev–Trinajstić information content (AvgIpc) is 3.01. The Labute approximate surface area is 119 Å². The van der Waals surface area contributed by atoms with Gasteiger partial charge in [0.1, 0.15) is 12.4 Å². The molecule has 0 amide bonds. The minimum Gasteiger partial charge on any atom is -0.486 e. The molecule has 1 fully saturated rings. The van der Waals surface area contributed by atoms with Gasteiger partial charge in [-0.25, -0.2) is 9.97 Å². The number of hydrogen-bond acceptors (Lipinski definition) is 4. The lowest BCUT2D eigenvalue weighted by atomic mass is 10.1. The summed E-state index contributed by atoms with van der Waals surface area (Å²) in [7, 11) is 0. The van der Waals surface area contributed by atoms with Gasteiger partial charge in [-0.3, -0.25) is 0 Å². The van der Waals surface area contributed by atoms with E-state index in [1.165, 1.54) is 6.42 Å².